The second kappa shape index (κ2) is 6.26. The van der Waals surface area contributed by atoms with E-state index in [4.69, 9.17) is 5.11 Å². The van der Waals surface area contributed by atoms with Crippen LogP contribution in [0, 0.1) is 12.8 Å². The Hall–Kier alpha value is -1.56. The summed E-state index contributed by atoms with van der Waals surface area (Å²) in [4.78, 5) is 23.0. The molecule has 0 spiro atoms. The van der Waals surface area contributed by atoms with E-state index in [9.17, 15) is 9.59 Å². The lowest BCUT2D eigenvalue weighted by molar-refractivity contribution is -0.142. The van der Waals surface area contributed by atoms with Gasteiger partial charge in [0, 0.05) is 10.5 Å². The number of amides is 2. The number of aliphatic carboxylic acids is 1. The summed E-state index contributed by atoms with van der Waals surface area (Å²) in [6.07, 6.45) is 2.16. The Morgan fingerprint density at radius 2 is 2.10 bits per heavy atom. The quantitative estimate of drug-likeness (QED) is 0.790. The van der Waals surface area contributed by atoms with E-state index < -0.39 is 11.9 Å². The maximum atomic E-state index is 12.0. The Labute approximate surface area is 125 Å². The van der Waals surface area contributed by atoms with Crippen molar-refractivity contribution in [3.8, 4) is 0 Å². The molecule has 1 aliphatic carbocycles. The molecule has 1 aliphatic rings. The molecule has 6 heteroatoms. The molecule has 2 rings (SSSR count). The largest absolute Gasteiger partial charge is 0.481 e. The zero-order valence-electron chi connectivity index (χ0n) is 11.1. The van der Waals surface area contributed by atoms with Gasteiger partial charge in [-0.3, -0.25) is 4.79 Å². The highest BCUT2D eigenvalue weighted by Crippen LogP contribution is 2.27. The van der Waals surface area contributed by atoms with E-state index in [0.717, 1.165) is 16.5 Å². The number of benzene rings is 1. The highest BCUT2D eigenvalue weighted by atomic mass is 79.9. The molecule has 2 atom stereocenters. The first-order valence-electron chi connectivity index (χ1n) is 6.54. The van der Waals surface area contributed by atoms with Gasteiger partial charge in [0.1, 0.15) is 0 Å². The number of halogens is 1. The van der Waals surface area contributed by atoms with Crippen LogP contribution < -0.4 is 10.6 Å². The van der Waals surface area contributed by atoms with Gasteiger partial charge >= 0.3 is 12.0 Å². The molecule has 1 aromatic rings. The molecule has 0 saturated heterocycles. The first kappa shape index (κ1) is 14.8. The van der Waals surface area contributed by atoms with Crippen molar-refractivity contribution < 1.29 is 14.7 Å². The van der Waals surface area contributed by atoms with Crippen LogP contribution in [0.1, 0.15) is 24.8 Å². The molecule has 1 fully saturated rings. The predicted molar refractivity (Wildman–Crippen MR) is 79.8 cm³/mol. The molecule has 3 N–H and O–H groups in total. The fourth-order valence-corrected chi connectivity index (χ4v) is 2.86. The van der Waals surface area contributed by atoms with Crippen LogP contribution >= 0.6 is 15.9 Å². The summed E-state index contributed by atoms with van der Waals surface area (Å²) in [7, 11) is 0. The lowest BCUT2D eigenvalue weighted by Gasteiger charge is -2.18. The number of hydrogen-bond acceptors (Lipinski definition) is 2. The van der Waals surface area contributed by atoms with Crippen molar-refractivity contribution in [3.63, 3.8) is 0 Å². The van der Waals surface area contributed by atoms with E-state index >= 15 is 0 Å². The Morgan fingerprint density at radius 3 is 2.80 bits per heavy atom. The molecule has 1 aromatic carbocycles. The molecule has 108 valence electrons. The summed E-state index contributed by atoms with van der Waals surface area (Å²) in [6.45, 7) is 1.94. The lowest BCUT2D eigenvalue weighted by atomic mass is 10.0. The second-order valence-electron chi connectivity index (χ2n) is 5.02. The van der Waals surface area contributed by atoms with Crippen LogP contribution in [0.2, 0.25) is 0 Å². The first-order chi connectivity index (χ1) is 9.49. The normalized spacial score (nSPS) is 21.5. The SMILES string of the molecule is Cc1cccc(NC(=O)NC2CCCC2C(=O)O)c1Br. The Morgan fingerprint density at radius 1 is 1.35 bits per heavy atom. The molecule has 2 unspecified atom stereocenters. The van der Waals surface area contributed by atoms with Crippen molar-refractivity contribution in [1.82, 2.24) is 5.32 Å². The van der Waals surface area contributed by atoms with Crippen LogP contribution in [0.5, 0.6) is 0 Å². The first-order valence-corrected chi connectivity index (χ1v) is 7.34. The maximum Gasteiger partial charge on any atom is 0.319 e. The van der Waals surface area contributed by atoms with E-state index in [1.807, 2.05) is 19.1 Å². The van der Waals surface area contributed by atoms with E-state index in [0.29, 0.717) is 18.5 Å². The summed E-state index contributed by atoms with van der Waals surface area (Å²) in [5.41, 5.74) is 1.69. The number of carbonyl (C=O) groups is 2. The average molecular weight is 341 g/mol. The minimum Gasteiger partial charge on any atom is -0.481 e. The van der Waals surface area contributed by atoms with Gasteiger partial charge in [0.15, 0.2) is 0 Å². The zero-order valence-corrected chi connectivity index (χ0v) is 12.7. The van der Waals surface area contributed by atoms with E-state index in [1.165, 1.54) is 0 Å². The van der Waals surface area contributed by atoms with Crippen LogP contribution in [0.4, 0.5) is 10.5 Å². The van der Waals surface area contributed by atoms with E-state index in [-0.39, 0.29) is 12.1 Å². The number of carboxylic acid groups (broad SMARTS) is 1. The summed E-state index contributed by atoms with van der Waals surface area (Å²) in [5, 5.41) is 14.6. The maximum absolute atomic E-state index is 12.0. The summed E-state index contributed by atoms with van der Waals surface area (Å²) in [6, 6.07) is 4.92. The van der Waals surface area contributed by atoms with Crippen molar-refractivity contribution in [1.29, 1.82) is 0 Å². The van der Waals surface area contributed by atoms with Crippen LogP contribution in [-0.4, -0.2) is 23.1 Å². The molecule has 20 heavy (non-hydrogen) atoms. The molecule has 0 bridgehead atoms. The number of carbonyl (C=O) groups excluding carboxylic acids is 1. The summed E-state index contributed by atoms with van der Waals surface area (Å²) >= 11 is 3.42. The molecular formula is C14H17BrN2O3. The number of carboxylic acids is 1. The molecule has 0 aromatic heterocycles. The molecular weight excluding hydrogens is 324 g/mol. The second-order valence-corrected chi connectivity index (χ2v) is 5.81. The number of urea groups is 1. The third-order valence-electron chi connectivity index (χ3n) is 3.59. The minimum atomic E-state index is -0.843. The van der Waals surface area contributed by atoms with Crippen molar-refractivity contribution >= 4 is 33.6 Å². The number of rotatable bonds is 3. The standard InChI is InChI=1S/C14H17BrN2O3/c1-8-4-2-7-11(12(8)15)17-14(20)16-10-6-3-5-9(10)13(18)19/h2,4,7,9-10H,3,5-6H2,1H3,(H,18,19)(H2,16,17,20). The van der Waals surface area contributed by atoms with Gasteiger partial charge in [0.2, 0.25) is 0 Å². The van der Waals surface area contributed by atoms with E-state index in [1.54, 1.807) is 6.07 Å². The number of nitrogens with one attached hydrogen (secondary N) is 2. The molecule has 0 radical (unpaired) electrons. The molecule has 0 aliphatic heterocycles. The highest BCUT2D eigenvalue weighted by molar-refractivity contribution is 9.10. The van der Waals surface area contributed by atoms with Crippen LogP contribution in [0.25, 0.3) is 0 Å². The Kier molecular flexibility index (Phi) is 4.65. The van der Waals surface area contributed by atoms with Gasteiger partial charge < -0.3 is 15.7 Å². The Balaban J connectivity index is 1.99. The molecule has 2 amide bonds. The minimum absolute atomic E-state index is 0.295. The smallest absolute Gasteiger partial charge is 0.319 e. The monoisotopic (exact) mass is 340 g/mol. The molecule has 5 nitrogen and oxygen atoms in total. The third-order valence-corrected chi connectivity index (χ3v) is 4.64. The van der Waals surface area contributed by atoms with Crippen LogP contribution in [0.15, 0.2) is 22.7 Å². The van der Waals surface area contributed by atoms with Gasteiger partial charge in [-0.05, 0) is 47.3 Å². The topological polar surface area (TPSA) is 78.4 Å². The summed E-state index contributed by atoms with van der Waals surface area (Å²) < 4.78 is 0.830. The van der Waals surface area contributed by atoms with Crippen LogP contribution in [0.3, 0.4) is 0 Å². The van der Waals surface area contributed by atoms with Crippen molar-refractivity contribution in [3.05, 3.63) is 28.2 Å². The average Bonchev–Trinajstić information content (AvgIpc) is 2.83. The highest BCUT2D eigenvalue weighted by Gasteiger charge is 2.33. The zero-order chi connectivity index (χ0) is 14.7. The predicted octanol–water partition coefficient (Wildman–Crippen LogP) is 3.13. The van der Waals surface area contributed by atoms with Crippen molar-refractivity contribution in [2.24, 2.45) is 5.92 Å². The fourth-order valence-electron chi connectivity index (χ4n) is 2.50. The number of aryl methyl sites for hydroxylation is 1. The fraction of sp³-hybridized carbons (Fsp3) is 0.429. The van der Waals surface area contributed by atoms with Gasteiger partial charge in [0.25, 0.3) is 0 Å². The van der Waals surface area contributed by atoms with Gasteiger partial charge in [-0.15, -0.1) is 0 Å². The Bertz CT molecular complexity index is 533. The summed E-state index contributed by atoms with van der Waals surface area (Å²) in [5.74, 6) is -1.33. The van der Waals surface area contributed by atoms with Gasteiger partial charge in [-0.1, -0.05) is 18.6 Å². The molecule has 1 saturated carbocycles. The van der Waals surface area contributed by atoms with E-state index in [2.05, 4.69) is 26.6 Å². The number of hydrogen-bond donors (Lipinski definition) is 3. The molecule has 0 heterocycles. The van der Waals surface area contributed by atoms with Crippen LogP contribution in [-0.2, 0) is 4.79 Å². The van der Waals surface area contributed by atoms with Gasteiger partial charge in [-0.25, -0.2) is 4.79 Å². The van der Waals surface area contributed by atoms with Gasteiger partial charge in [-0.2, -0.15) is 0 Å². The van der Waals surface area contributed by atoms with Crippen molar-refractivity contribution in [2.75, 3.05) is 5.32 Å². The third kappa shape index (κ3) is 3.30. The van der Waals surface area contributed by atoms with Gasteiger partial charge in [0.05, 0.1) is 11.6 Å². The van der Waals surface area contributed by atoms with Crippen molar-refractivity contribution in [2.45, 2.75) is 32.2 Å². The number of anilines is 1. The lowest BCUT2D eigenvalue weighted by Crippen LogP contribution is -2.42.